The van der Waals surface area contributed by atoms with Gasteiger partial charge in [0, 0.05) is 4.47 Å². The second-order valence-corrected chi connectivity index (χ2v) is 6.17. The van der Waals surface area contributed by atoms with Crippen LogP contribution in [0.4, 0.5) is 5.69 Å². The number of aromatic hydroxyl groups is 1. The molecule has 3 aromatic rings. The van der Waals surface area contributed by atoms with Crippen LogP contribution in [0.3, 0.4) is 0 Å². The molecule has 1 aromatic heterocycles. The summed E-state index contributed by atoms with van der Waals surface area (Å²) < 4.78 is 13.7. The molecular formula is C15H10BrN3O4S. The highest BCUT2D eigenvalue weighted by atomic mass is 79.9. The lowest BCUT2D eigenvalue weighted by molar-refractivity contribution is -0.119. The van der Waals surface area contributed by atoms with Gasteiger partial charge >= 0.3 is 5.97 Å². The van der Waals surface area contributed by atoms with Crippen LogP contribution < -0.4 is 5.32 Å². The highest BCUT2D eigenvalue weighted by molar-refractivity contribution is 9.10. The first kappa shape index (κ1) is 16.3. The molecule has 3 rings (SSSR count). The number of hydrogen-bond donors (Lipinski definition) is 2. The minimum absolute atomic E-state index is 0.0250. The minimum Gasteiger partial charge on any atom is -0.507 e. The molecule has 0 aliphatic heterocycles. The van der Waals surface area contributed by atoms with E-state index in [1.807, 2.05) is 0 Å². The highest BCUT2D eigenvalue weighted by Gasteiger charge is 2.15. The van der Waals surface area contributed by atoms with E-state index in [0.29, 0.717) is 21.2 Å². The molecule has 0 spiro atoms. The smallest absolute Gasteiger partial charge is 0.342 e. The number of hydrogen-bond acceptors (Lipinski definition) is 7. The van der Waals surface area contributed by atoms with E-state index in [0.717, 1.165) is 11.7 Å². The summed E-state index contributed by atoms with van der Waals surface area (Å²) >= 11 is 4.24. The highest BCUT2D eigenvalue weighted by Crippen LogP contribution is 2.23. The number of carbonyl (C=O) groups excluding carboxylic acids is 2. The molecule has 2 aromatic carbocycles. The molecule has 2 N–H and O–H groups in total. The number of nitrogens with one attached hydrogen (secondary N) is 1. The van der Waals surface area contributed by atoms with Crippen molar-refractivity contribution in [3.63, 3.8) is 0 Å². The van der Waals surface area contributed by atoms with Gasteiger partial charge in [0.2, 0.25) is 0 Å². The first-order valence-electron chi connectivity index (χ1n) is 6.71. The molecule has 1 heterocycles. The average Bonchev–Trinajstić information content (AvgIpc) is 3.04. The SMILES string of the molecule is O=C(COC(=O)c1cc(Br)ccc1O)Nc1cccc2nsnc12. The third-order valence-corrected chi connectivity index (χ3v) is 4.11. The Morgan fingerprint density at radius 3 is 2.92 bits per heavy atom. The molecule has 0 aliphatic rings. The molecule has 0 saturated heterocycles. The number of esters is 1. The van der Waals surface area contributed by atoms with Gasteiger partial charge in [-0.15, -0.1) is 0 Å². The zero-order valence-corrected chi connectivity index (χ0v) is 14.4. The Morgan fingerprint density at radius 1 is 1.25 bits per heavy atom. The molecule has 0 unspecified atom stereocenters. The zero-order valence-electron chi connectivity index (χ0n) is 12.0. The fraction of sp³-hybridized carbons (Fsp3) is 0.0667. The van der Waals surface area contributed by atoms with Gasteiger partial charge in [-0.25, -0.2) is 4.79 Å². The third kappa shape index (κ3) is 3.52. The van der Waals surface area contributed by atoms with Crippen molar-refractivity contribution in [2.24, 2.45) is 0 Å². The maximum Gasteiger partial charge on any atom is 0.342 e. The normalized spacial score (nSPS) is 10.5. The Balaban J connectivity index is 1.64. The van der Waals surface area contributed by atoms with Crippen molar-refractivity contribution in [2.75, 3.05) is 11.9 Å². The van der Waals surface area contributed by atoms with Crippen molar-refractivity contribution in [3.8, 4) is 5.75 Å². The van der Waals surface area contributed by atoms with Gasteiger partial charge in [-0.1, -0.05) is 22.0 Å². The van der Waals surface area contributed by atoms with Gasteiger partial charge in [0.25, 0.3) is 5.91 Å². The van der Waals surface area contributed by atoms with Crippen molar-refractivity contribution < 1.29 is 19.4 Å². The topological polar surface area (TPSA) is 101 Å². The van der Waals surface area contributed by atoms with Crippen LogP contribution in [0.25, 0.3) is 11.0 Å². The lowest BCUT2D eigenvalue weighted by atomic mass is 10.2. The molecule has 1 amide bonds. The van der Waals surface area contributed by atoms with Crippen LogP contribution in [0, 0.1) is 0 Å². The lowest BCUT2D eigenvalue weighted by Gasteiger charge is -2.08. The summed E-state index contributed by atoms with van der Waals surface area (Å²) in [6.07, 6.45) is 0. The maximum absolute atomic E-state index is 12.0. The van der Waals surface area contributed by atoms with Gasteiger partial charge in [0.1, 0.15) is 22.3 Å². The molecule has 0 fully saturated rings. The predicted molar refractivity (Wildman–Crippen MR) is 92.1 cm³/mol. The van der Waals surface area contributed by atoms with Gasteiger partial charge in [-0.3, -0.25) is 4.79 Å². The fourth-order valence-electron chi connectivity index (χ4n) is 1.97. The quantitative estimate of drug-likeness (QED) is 0.644. The first-order chi connectivity index (χ1) is 11.5. The summed E-state index contributed by atoms with van der Waals surface area (Å²) in [5, 5.41) is 12.3. The predicted octanol–water partition coefficient (Wildman–Crippen LogP) is 2.95. The number of anilines is 1. The van der Waals surface area contributed by atoms with Crippen molar-refractivity contribution in [2.45, 2.75) is 0 Å². The Bertz CT molecular complexity index is 928. The van der Waals surface area contributed by atoms with Gasteiger partial charge in [0.15, 0.2) is 6.61 Å². The van der Waals surface area contributed by atoms with Crippen LogP contribution in [0.2, 0.25) is 0 Å². The summed E-state index contributed by atoms with van der Waals surface area (Å²) in [6, 6.07) is 9.56. The maximum atomic E-state index is 12.0. The molecule has 24 heavy (non-hydrogen) atoms. The number of carbonyl (C=O) groups is 2. The molecule has 0 atom stereocenters. The molecule has 122 valence electrons. The summed E-state index contributed by atoms with van der Waals surface area (Å²) in [5.74, 6) is -1.53. The number of phenolic OH excluding ortho intramolecular Hbond substituents is 1. The van der Waals surface area contributed by atoms with E-state index in [4.69, 9.17) is 4.74 Å². The standard InChI is InChI=1S/C15H10BrN3O4S/c16-8-4-5-12(20)9(6-8)15(22)23-7-13(21)17-10-2-1-3-11-14(10)19-24-18-11/h1-6,20H,7H2,(H,17,21). The van der Waals surface area contributed by atoms with Crippen LogP contribution in [0.15, 0.2) is 40.9 Å². The van der Waals surface area contributed by atoms with Crippen molar-refractivity contribution in [3.05, 3.63) is 46.4 Å². The number of ether oxygens (including phenoxy) is 1. The Labute approximate surface area is 148 Å². The second-order valence-electron chi connectivity index (χ2n) is 4.72. The number of nitrogens with zero attached hydrogens (tertiary/aromatic N) is 2. The lowest BCUT2D eigenvalue weighted by Crippen LogP contribution is -2.21. The zero-order chi connectivity index (χ0) is 17.1. The second kappa shape index (κ2) is 6.93. The number of fused-ring (bicyclic) bond motifs is 1. The van der Waals surface area contributed by atoms with Crippen LogP contribution in [-0.4, -0.2) is 32.3 Å². The molecule has 0 bridgehead atoms. The van der Waals surface area contributed by atoms with Gasteiger partial charge in [0.05, 0.1) is 17.4 Å². The number of amides is 1. The van der Waals surface area contributed by atoms with E-state index in [2.05, 4.69) is 30.0 Å². The Morgan fingerprint density at radius 2 is 2.08 bits per heavy atom. The average molecular weight is 408 g/mol. The molecule has 9 heteroatoms. The van der Waals surface area contributed by atoms with E-state index in [9.17, 15) is 14.7 Å². The van der Waals surface area contributed by atoms with Gasteiger partial charge < -0.3 is 15.2 Å². The number of phenols is 1. The van der Waals surface area contributed by atoms with E-state index in [1.54, 1.807) is 24.3 Å². The van der Waals surface area contributed by atoms with Crippen LogP contribution in [0.1, 0.15) is 10.4 Å². The largest absolute Gasteiger partial charge is 0.507 e. The number of benzene rings is 2. The summed E-state index contributed by atoms with van der Waals surface area (Å²) in [5.41, 5.74) is 1.72. The van der Waals surface area contributed by atoms with Crippen molar-refractivity contribution in [1.82, 2.24) is 8.75 Å². The molecular weight excluding hydrogens is 398 g/mol. The number of rotatable bonds is 4. The van der Waals surface area contributed by atoms with E-state index in [1.165, 1.54) is 12.1 Å². The molecule has 0 radical (unpaired) electrons. The van der Waals surface area contributed by atoms with Crippen molar-refractivity contribution >= 4 is 56.3 Å². The summed E-state index contributed by atoms with van der Waals surface area (Å²) in [6.45, 7) is -0.487. The van der Waals surface area contributed by atoms with Crippen LogP contribution in [0.5, 0.6) is 5.75 Å². The van der Waals surface area contributed by atoms with Gasteiger partial charge in [-0.05, 0) is 30.3 Å². The van der Waals surface area contributed by atoms with Gasteiger partial charge in [-0.2, -0.15) is 8.75 Å². The number of aromatic nitrogens is 2. The number of halogens is 1. The van der Waals surface area contributed by atoms with E-state index >= 15 is 0 Å². The van der Waals surface area contributed by atoms with Crippen LogP contribution >= 0.6 is 27.7 Å². The van der Waals surface area contributed by atoms with Crippen LogP contribution in [-0.2, 0) is 9.53 Å². The third-order valence-electron chi connectivity index (χ3n) is 3.07. The summed E-state index contributed by atoms with van der Waals surface area (Å²) in [4.78, 5) is 23.9. The summed E-state index contributed by atoms with van der Waals surface area (Å²) in [7, 11) is 0. The van der Waals surface area contributed by atoms with E-state index in [-0.39, 0.29) is 11.3 Å². The fourth-order valence-corrected chi connectivity index (χ4v) is 2.88. The minimum atomic E-state index is -0.794. The molecule has 7 nitrogen and oxygen atoms in total. The Kier molecular flexibility index (Phi) is 4.72. The molecule has 0 saturated carbocycles. The van der Waals surface area contributed by atoms with Crippen molar-refractivity contribution in [1.29, 1.82) is 0 Å². The Hall–Kier alpha value is -2.52. The molecule has 0 aliphatic carbocycles. The monoisotopic (exact) mass is 407 g/mol. The van der Waals surface area contributed by atoms with E-state index < -0.39 is 18.5 Å². The first-order valence-corrected chi connectivity index (χ1v) is 8.23.